The highest BCUT2D eigenvalue weighted by Crippen LogP contribution is 2.48. The number of aromatic amines is 1. The molecule has 3 aromatic rings. The van der Waals surface area contributed by atoms with Gasteiger partial charge >= 0.3 is 0 Å². The molecule has 4 rings (SSSR count). The number of nitrogens with zero attached hydrogens (tertiary/aromatic N) is 2. The number of hydrogen-bond acceptors (Lipinski definition) is 7. The minimum absolute atomic E-state index is 0.0638. The fourth-order valence-corrected chi connectivity index (χ4v) is 4.26. The molecule has 0 bridgehead atoms. The molecular weight excluding hydrogens is 436 g/mol. The van der Waals surface area contributed by atoms with Crippen molar-refractivity contribution in [1.82, 2.24) is 4.57 Å². The molecule has 1 aromatic carbocycles. The number of H-pyrrole nitrogens is 1. The van der Waals surface area contributed by atoms with Crippen molar-refractivity contribution in [3.63, 3.8) is 0 Å². The van der Waals surface area contributed by atoms with Gasteiger partial charge in [0.05, 0.1) is 39.4 Å². The van der Waals surface area contributed by atoms with Crippen molar-refractivity contribution in [1.29, 1.82) is 5.26 Å². The van der Waals surface area contributed by atoms with Crippen LogP contribution in [0.15, 0.2) is 59.0 Å². The first-order valence-corrected chi connectivity index (χ1v) is 10.5. The number of nitriles is 1. The zero-order valence-corrected chi connectivity index (χ0v) is 19.3. The number of methoxy groups -OCH3 is 3. The molecule has 3 heterocycles. The van der Waals surface area contributed by atoms with Crippen molar-refractivity contribution in [2.45, 2.75) is 19.4 Å². The molecule has 0 aliphatic carbocycles. The van der Waals surface area contributed by atoms with Gasteiger partial charge < -0.3 is 29.2 Å². The fourth-order valence-electron chi connectivity index (χ4n) is 4.26. The first kappa shape index (κ1) is 22.7. The molecule has 9 nitrogen and oxygen atoms in total. The predicted octanol–water partition coefficient (Wildman–Crippen LogP) is 2.26. The Morgan fingerprint density at radius 2 is 1.94 bits per heavy atom. The average molecular weight is 461 g/mol. The van der Waals surface area contributed by atoms with Crippen LogP contribution in [-0.2, 0) is 6.54 Å². The van der Waals surface area contributed by atoms with Crippen LogP contribution in [0.5, 0.6) is 23.0 Å². The summed E-state index contributed by atoms with van der Waals surface area (Å²) in [6.07, 6.45) is 3.63. The third kappa shape index (κ3) is 3.69. The average Bonchev–Trinajstić information content (AvgIpc) is 2.85. The van der Waals surface area contributed by atoms with Crippen molar-refractivity contribution < 1.29 is 23.9 Å². The Labute approximate surface area is 196 Å². The largest absolute Gasteiger partial charge is 0.493 e. The lowest BCUT2D eigenvalue weighted by atomic mass is 9.83. The monoisotopic (exact) mass is 461 g/mol. The summed E-state index contributed by atoms with van der Waals surface area (Å²) in [6, 6.07) is 11.1. The number of benzene rings is 1. The van der Waals surface area contributed by atoms with Crippen LogP contribution >= 0.6 is 0 Å². The predicted molar refractivity (Wildman–Crippen MR) is 123 cm³/mol. The number of nitrogens with one attached hydrogen (secondary N) is 1. The summed E-state index contributed by atoms with van der Waals surface area (Å²) < 4.78 is 24.0. The molecule has 0 spiro atoms. The van der Waals surface area contributed by atoms with E-state index in [4.69, 9.17) is 24.7 Å². The molecule has 1 atom stereocenters. The van der Waals surface area contributed by atoms with Gasteiger partial charge in [0, 0.05) is 29.0 Å². The highest BCUT2D eigenvalue weighted by atomic mass is 16.5. The topological polar surface area (TPSA) is 123 Å². The number of aromatic nitrogens is 2. The van der Waals surface area contributed by atoms with E-state index in [1.165, 1.54) is 21.3 Å². The van der Waals surface area contributed by atoms with Crippen molar-refractivity contribution in [2.24, 2.45) is 5.73 Å². The Kier molecular flexibility index (Phi) is 6.15. The lowest BCUT2D eigenvalue weighted by Crippen LogP contribution is -2.33. The molecule has 0 fully saturated rings. The van der Waals surface area contributed by atoms with E-state index in [1.807, 2.05) is 25.3 Å². The van der Waals surface area contributed by atoms with E-state index < -0.39 is 5.92 Å². The second-order valence-electron chi connectivity index (χ2n) is 7.71. The summed E-state index contributed by atoms with van der Waals surface area (Å²) in [5, 5.41) is 9.98. The van der Waals surface area contributed by atoms with Crippen LogP contribution in [0.2, 0.25) is 0 Å². The first-order valence-electron chi connectivity index (χ1n) is 10.5. The minimum Gasteiger partial charge on any atom is -0.493 e. The molecule has 174 valence electrons. The number of rotatable bonds is 6. The van der Waals surface area contributed by atoms with Gasteiger partial charge in [-0.05, 0) is 19.1 Å². The van der Waals surface area contributed by atoms with Crippen LogP contribution < -0.4 is 35.2 Å². The Hall–Kier alpha value is -4.45. The van der Waals surface area contributed by atoms with Gasteiger partial charge in [-0.25, -0.2) is 4.98 Å². The van der Waals surface area contributed by atoms with Gasteiger partial charge in [0.2, 0.25) is 11.6 Å². The van der Waals surface area contributed by atoms with E-state index in [9.17, 15) is 10.1 Å². The van der Waals surface area contributed by atoms with Gasteiger partial charge in [-0.2, -0.15) is 5.26 Å². The maximum Gasteiger partial charge on any atom is 0.259 e. The highest BCUT2D eigenvalue weighted by Gasteiger charge is 2.37. The molecule has 1 aliphatic rings. The summed E-state index contributed by atoms with van der Waals surface area (Å²) >= 11 is 0. The van der Waals surface area contributed by atoms with Crippen LogP contribution in [0.1, 0.15) is 28.3 Å². The number of allylic oxidation sites excluding steroid dienone is 1. The quantitative estimate of drug-likeness (QED) is 0.597. The van der Waals surface area contributed by atoms with Gasteiger partial charge in [-0.15, -0.1) is 0 Å². The summed E-state index contributed by atoms with van der Waals surface area (Å²) in [5.41, 5.74) is 8.39. The minimum atomic E-state index is -0.829. The lowest BCUT2D eigenvalue weighted by molar-refractivity contribution is -0.378. The first-order chi connectivity index (χ1) is 16.4. The number of pyridine rings is 2. The zero-order chi connectivity index (χ0) is 24.4. The van der Waals surface area contributed by atoms with Gasteiger partial charge in [0.1, 0.15) is 17.4 Å². The third-order valence-electron chi connectivity index (χ3n) is 5.85. The van der Waals surface area contributed by atoms with Crippen molar-refractivity contribution >= 4 is 0 Å². The Bertz CT molecular complexity index is 1370. The van der Waals surface area contributed by atoms with E-state index in [-0.39, 0.29) is 17.0 Å². The fraction of sp³-hybridized carbons (Fsp3) is 0.240. The molecule has 34 heavy (non-hydrogen) atoms. The summed E-state index contributed by atoms with van der Waals surface area (Å²) in [4.78, 5) is 16.9. The standard InChI is InChI=1S/C25H24N4O5/c1-14-10-19-21(25(30)29(14)13-15-6-5-9-28-12-15)20(17(11-26)24(27)34-19)16-7-8-18(31-2)23(33-4)22(16)32-3/h5-10,12,20H,13,27H2,1-4H3/p+1. The van der Waals surface area contributed by atoms with Crippen LogP contribution in [0.4, 0.5) is 0 Å². The van der Waals surface area contributed by atoms with E-state index >= 15 is 0 Å². The molecule has 2 aromatic heterocycles. The van der Waals surface area contributed by atoms with Crippen molar-refractivity contribution in [3.05, 3.63) is 86.9 Å². The SMILES string of the molecule is COc1ccc(C2C(C#N)=C(N)Oc3cc(C)n(Cc4ccc[nH+]c4)c(=O)c32)c(OC)c1OC. The summed E-state index contributed by atoms with van der Waals surface area (Å²) in [5.74, 6) is 0.545. The Morgan fingerprint density at radius 3 is 2.56 bits per heavy atom. The Balaban J connectivity index is 2.00. The number of nitrogens with two attached hydrogens (primary N) is 1. The molecule has 1 aliphatic heterocycles. The molecule has 0 radical (unpaired) electrons. The van der Waals surface area contributed by atoms with Crippen molar-refractivity contribution in [2.75, 3.05) is 21.3 Å². The zero-order valence-electron chi connectivity index (χ0n) is 19.3. The molecule has 1 unspecified atom stereocenters. The molecule has 9 heteroatoms. The maximum atomic E-state index is 13.9. The van der Waals surface area contributed by atoms with E-state index in [2.05, 4.69) is 11.1 Å². The van der Waals surface area contributed by atoms with E-state index in [0.29, 0.717) is 46.4 Å². The van der Waals surface area contributed by atoms with Gasteiger partial charge in [-0.3, -0.25) is 4.79 Å². The third-order valence-corrected chi connectivity index (χ3v) is 5.85. The summed E-state index contributed by atoms with van der Waals surface area (Å²) in [6.45, 7) is 2.16. The van der Waals surface area contributed by atoms with Gasteiger partial charge in [-0.1, -0.05) is 6.07 Å². The van der Waals surface area contributed by atoms with E-state index in [0.717, 1.165) is 5.56 Å². The lowest BCUT2D eigenvalue weighted by Gasteiger charge is -2.28. The van der Waals surface area contributed by atoms with Crippen molar-refractivity contribution in [3.8, 4) is 29.1 Å². The van der Waals surface area contributed by atoms with Crippen LogP contribution in [-0.4, -0.2) is 25.9 Å². The molecular formula is C25H25N4O5+. The smallest absolute Gasteiger partial charge is 0.259 e. The summed E-state index contributed by atoms with van der Waals surface area (Å²) in [7, 11) is 4.49. The van der Waals surface area contributed by atoms with Gasteiger partial charge in [0.15, 0.2) is 23.9 Å². The van der Waals surface area contributed by atoms with Crippen LogP contribution in [0, 0.1) is 18.3 Å². The number of fused-ring (bicyclic) bond motifs is 1. The second-order valence-corrected chi connectivity index (χ2v) is 7.71. The molecule has 0 amide bonds. The molecule has 0 saturated heterocycles. The maximum absolute atomic E-state index is 13.9. The second kappa shape index (κ2) is 9.19. The van der Waals surface area contributed by atoms with E-state index in [1.54, 1.807) is 29.0 Å². The number of hydrogen-bond donors (Lipinski definition) is 1. The Morgan fingerprint density at radius 1 is 1.18 bits per heavy atom. The van der Waals surface area contributed by atoms with Crippen LogP contribution in [0.25, 0.3) is 0 Å². The molecule has 3 N–H and O–H groups in total. The number of ether oxygens (including phenoxy) is 4. The normalized spacial score (nSPS) is 14.6. The molecule has 0 saturated carbocycles. The highest BCUT2D eigenvalue weighted by molar-refractivity contribution is 5.64. The number of aryl methyl sites for hydroxylation is 1. The van der Waals surface area contributed by atoms with Crippen LogP contribution in [0.3, 0.4) is 0 Å². The van der Waals surface area contributed by atoms with Gasteiger partial charge in [0.25, 0.3) is 5.56 Å².